The lowest BCUT2D eigenvalue weighted by Gasteiger charge is -2.16. The number of nitrogens with zero attached hydrogens (tertiary/aromatic N) is 2. The summed E-state index contributed by atoms with van der Waals surface area (Å²) in [6, 6.07) is 6.56. The Bertz CT molecular complexity index is 793. The van der Waals surface area contributed by atoms with Crippen molar-refractivity contribution in [2.75, 3.05) is 6.61 Å². The largest absolute Gasteiger partial charge is 0.487 e. The minimum absolute atomic E-state index is 0.0722. The Kier molecular flexibility index (Phi) is 6.07. The number of carbonyl (C=O) groups is 1. The van der Waals surface area contributed by atoms with Gasteiger partial charge in [-0.25, -0.2) is 0 Å². The summed E-state index contributed by atoms with van der Waals surface area (Å²) in [5.41, 5.74) is 1.37. The molecular formula is C18H19F3N2O3. The van der Waals surface area contributed by atoms with E-state index in [9.17, 15) is 18.0 Å². The van der Waals surface area contributed by atoms with Crippen LogP contribution in [-0.2, 0) is 11.3 Å². The molecule has 0 spiro atoms. The fourth-order valence-electron chi connectivity index (χ4n) is 2.23. The molecule has 0 amide bonds. The second kappa shape index (κ2) is 8.07. The fourth-order valence-corrected chi connectivity index (χ4v) is 2.23. The molecule has 26 heavy (non-hydrogen) atoms. The van der Waals surface area contributed by atoms with Gasteiger partial charge in [-0.15, -0.1) is 0 Å². The number of hydrogen-bond donors (Lipinski definition) is 0. The van der Waals surface area contributed by atoms with E-state index in [0.717, 1.165) is 5.56 Å². The van der Waals surface area contributed by atoms with Crippen LogP contribution in [0.1, 0.15) is 36.7 Å². The van der Waals surface area contributed by atoms with Crippen molar-refractivity contribution in [3.63, 3.8) is 0 Å². The Balaban J connectivity index is 2.09. The first-order chi connectivity index (χ1) is 12.2. The van der Waals surface area contributed by atoms with Gasteiger partial charge in [0.1, 0.15) is 11.5 Å². The number of benzene rings is 1. The summed E-state index contributed by atoms with van der Waals surface area (Å²) in [6.07, 6.45) is -1.49. The van der Waals surface area contributed by atoms with E-state index in [1.54, 1.807) is 35.1 Å². The molecule has 1 aromatic carbocycles. The molecule has 0 aliphatic rings. The van der Waals surface area contributed by atoms with Gasteiger partial charge in [0.2, 0.25) is 5.76 Å². The van der Waals surface area contributed by atoms with Gasteiger partial charge in [-0.2, -0.15) is 18.3 Å². The molecule has 0 saturated heterocycles. The Morgan fingerprint density at radius 1 is 1.19 bits per heavy atom. The van der Waals surface area contributed by atoms with Crippen LogP contribution in [0.3, 0.4) is 0 Å². The van der Waals surface area contributed by atoms with Gasteiger partial charge >= 0.3 is 6.18 Å². The normalized spacial score (nSPS) is 12.5. The molecular weight excluding hydrogens is 349 g/mol. The average Bonchev–Trinajstić information content (AvgIpc) is 3.02. The highest BCUT2D eigenvalue weighted by molar-refractivity contribution is 5.93. The molecule has 0 N–H and O–H groups in total. The quantitative estimate of drug-likeness (QED) is 0.539. The van der Waals surface area contributed by atoms with E-state index >= 15 is 0 Å². The maximum absolute atomic E-state index is 12.9. The van der Waals surface area contributed by atoms with Gasteiger partial charge in [-0.3, -0.25) is 9.48 Å². The van der Waals surface area contributed by atoms with Gasteiger partial charge in [0.25, 0.3) is 0 Å². The van der Waals surface area contributed by atoms with Crippen molar-refractivity contribution in [1.29, 1.82) is 0 Å². The predicted molar refractivity (Wildman–Crippen MR) is 88.8 cm³/mol. The predicted octanol–water partition coefficient (Wildman–Crippen LogP) is 4.34. The minimum atomic E-state index is -4.62. The molecule has 0 unspecified atom stereocenters. The molecule has 2 aromatic rings. The van der Waals surface area contributed by atoms with E-state index in [0.29, 0.717) is 12.1 Å². The summed E-state index contributed by atoms with van der Waals surface area (Å²) in [7, 11) is 0. The summed E-state index contributed by atoms with van der Waals surface area (Å²) in [4.78, 5) is 11.3. The summed E-state index contributed by atoms with van der Waals surface area (Å²) in [5.74, 6) is -1.31. The molecule has 0 fully saturated rings. The van der Waals surface area contributed by atoms with Crippen molar-refractivity contribution in [3.05, 3.63) is 59.3 Å². The van der Waals surface area contributed by atoms with Crippen LogP contribution in [0.25, 0.3) is 0 Å². The molecule has 1 aromatic heterocycles. The standard InChI is InChI=1S/C18H19F3N2O3/c1-4-25-17(18(19,20)21)13(3)26-16-7-5-14(6-8-16)10-23-11-15(9-22-23)12(2)24/h5-9,11H,4,10H2,1-3H3. The molecule has 0 atom stereocenters. The summed E-state index contributed by atoms with van der Waals surface area (Å²) < 4.78 is 50.3. The zero-order valence-electron chi connectivity index (χ0n) is 14.6. The van der Waals surface area contributed by atoms with Crippen LogP contribution in [0.5, 0.6) is 5.75 Å². The van der Waals surface area contributed by atoms with Crippen LogP contribution >= 0.6 is 0 Å². The van der Waals surface area contributed by atoms with E-state index in [4.69, 9.17) is 4.74 Å². The number of halogens is 3. The summed E-state index contributed by atoms with van der Waals surface area (Å²) in [6.45, 7) is 4.45. The van der Waals surface area contributed by atoms with Gasteiger partial charge < -0.3 is 9.47 Å². The zero-order chi connectivity index (χ0) is 19.3. The van der Waals surface area contributed by atoms with Crippen molar-refractivity contribution < 1.29 is 27.4 Å². The van der Waals surface area contributed by atoms with Crippen molar-refractivity contribution in [3.8, 4) is 5.75 Å². The van der Waals surface area contributed by atoms with Crippen molar-refractivity contribution in [2.45, 2.75) is 33.5 Å². The lowest BCUT2D eigenvalue weighted by atomic mass is 10.2. The number of Topliss-reactive ketones (excluding diaryl/α,β-unsaturated/α-hetero) is 1. The number of aromatic nitrogens is 2. The van der Waals surface area contributed by atoms with Gasteiger partial charge in [0, 0.05) is 6.20 Å². The first-order valence-electron chi connectivity index (χ1n) is 7.91. The van der Waals surface area contributed by atoms with E-state index < -0.39 is 11.9 Å². The van der Waals surface area contributed by atoms with E-state index in [2.05, 4.69) is 9.84 Å². The third-order valence-corrected chi connectivity index (χ3v) is 3.44. The van der Waals surface area contributed by atoms with Gasteiger partial charge in [0.15, 0.2) is 5.78 Å². The van der Waals surface area contributed by atoms with Crippen LogP contribution < -0.4 is 4.74 Å². The lowest BCUT2D eigenvalue weighted by molar-refractivity contribution is -0.133. The number of allylic oxidation sites excluding steroid dienone is 2. The highest BCUT2D eigenvalue weighted by Crippen LogP contribution is 2.30. The van der Waals surface area contributed by atoms with E-state index in [1.165, 1.54) is 27.0 Å². The molecule has 140 valence electrons. The first-order valence-corrected chi connectivity index (χ1v) is 7.91. The van der Waals surface area contributed by atoms with Crippen LogP contribution in [-0.4, -0.2) is 28.3 Å². The summed E-state index contributed by atoms with van der Waals surface area (Å²) in [5, 5.41) is 4.09. The van der Waals surface area contributed by atoms with Gasteiger partial charge in [0.05, 0.1) is 24.9 Å². The second-order valence-electron chi connectivity index (χ2n) is 5.54. The van der Waals surface area contributed by atoms with Gasteiger partial charge in [-0.05, 0) is 38.5 Å². The minimum Gasteiger partial charge on any atom is -0.487 e. The van der Waals surface area contributed by atoms with Gasteiger partial charge in [-0.1, -0.05) is 12.1 Å². The van der Waals surface area contributed by atoms with Crippen LogP contribution in [0, 0.1) is 0 Å². The molecule has 0 aliphatic carbocycles. The van der Waals surface area contributed by atoms with Crippen molar-refractivity contribution in [2.24, 2.45) is 0 Å². The number of hydrogen-bond acceptors (Lipinski definition) is 4. The number of carbonyl (C=O) groups excluding carboxylic acids is 1. The molecule has 0 bridgehead atoms. The number of rotatable bonds is 7. The van der Waals surface area contributed by atoms with Crippen LogP contribution in [0.4, 0.5) is 13.2 Å². The van der Waals surface area contributed by atoms with Crippen molar-refractivity contribution in [1.82, 2.24) is 9.78 Å². The van der Waals surface area contributed by atoms with E-state index in [1.807, 2.05) is 0 Å². The third-order valence-electron chi connectivity index (χ3n) is 3.44. The van der Waals surface area contributed by atoms with Crippen molar-refractivity contribution >= 4 is 5.78 Å². The molecule has 1 heterocycles. The van der Waals surface area contributed by atoms with E-state index in [-0.39, 0.29) is 23.9 Å². The molecule has 2 rings (SSSR count). The monoisotopic (exact) mass is 368 g/mol. The van der Waals surface area contributed by atoms with Crippen LogP contribution in [0.2, 0.25) is 0 Å². The highest BCUT2D eigenvalue weighted by Gasteiger charge is 2.38. The second-order valence-corrected chi connectivity index (χ2v) is 5.54. The number of ketones is 1. The Morgan fingerprint density at radius 2 is 1.85 bits per heavy atom. The lowest BCUT2D eigenvalue weighted by Crippen LogP contribution is -2.18. The smallest absolute Gasteiger partial charge is 0.452 e. The molecule has 5 nitrogen and oxygen atoms in total. The summed E-state index contributed by atoms with van der Waals surface area (Å²) >= 11 is 0. The Hall–Kier alpha value is -2.77. The first kappa shape index (κ1) is 19.6. The topological polar surface area (TPSA) is 53.4 Å². The zero-order valence-corrected chi connectivity index (χ0v) is 14.6. The highest BCUT2D eigenvalue weighted by atomic mass is 19.4. The average molecular weight is 368 g/mol. The fraction of sp³-hybridized carbons (Fsp3) is 0.333. The van der Waals surface area contributed by atoms with Crippen LogP contribution in [0.15, 0.2) is 48.2 Å². The maximum atomic E-state index is 12.9. The maximum Gasteiger partial charge on any atom is 0.452 e. The molecule has 0 saturated carbocycles. The molecule has 8 heteroatoms. The molecule has 0 radical (unpaired) electrons. The SMILES string of the molecule is CCOC(=C(C)Oc1ccc(Cn2cc(C(C)=O)cn2)cc1)C(F)(F)F. The number of ether oxygens (including phenoxy) is 2. The third kappa shape index (κ3) is 5.11. The molecule has 0 aliphatic heterocycles. The number of alkyl halides is 3. The Labute approximate surface area is 149 Å². The Morgan fingerprint density at radius 3 is 2.35 bits per heavy atom.